The fourth-order valence-electron chi connectivity index (χ4n) is 3.08. The van der Waals surface area contributed by atoms with Gasteiger partial charge in [-0.1, -0.05) is 18.2 Å². The Morgan fingerprint density at radius 1 is 1.09 bits per heavy atom. The molecule has 3 aromatic rings. The Hall–Kier alpha value is -3.50. The van der Waals surface area contributed by atoms with Crippen LogP contribution in [-0.4, -0.2) is 29.5 Å². The Kier molecular flexibility index (Phi) is 6.06. The van der Waals surface area contributed by atoms with Gasteiger partial charge in [0.15, 0.2) is 0 Å². The Bertz CT molecular complexity index is 1260. The fourth-order valence-corrected chi connectivity index (χ4v) is 4.44. The lowest BCUT2D eigenvalue weighted by molar-refractivity contribution is 0.100. The number of aromatic nitrogens is 2. The molecule has 0 radical (unpaired) electrons. The summed E-state index contributed by atoms with van der Waals surface area (Å²) in [4.78, 5) is 20.2. The zero-order valence-electron chi connectivity index (χ0n) is 17.5. The van der Waals surface area contributed by atoms with Crippen LogP contribution in [0.2, 0.25) is 0 Å². The molecule has 0 bridgehead atoms. The summed E-state index contributed by atoms with van der Waals surface area (Å²) in [5, 5.41) is 6.08. The maximum atomic E-state index is 12.1. The van der Waals surface area contributed by atoms with Crippen molar-refractivity contribution in [3.63, 3.8) is 0 Å². The first-order valence-corrected chi connectivity index (χ1v) is 11.7. The Balaban J connectivity index is 1.47. The Morgan fingerprint density at radius 3 is 2.53 bits per heavy atom. The maximum absolute atomic E-state index is 12.1. The largest absolute Gasteiger partial charge is 0.366 e. The molecule has 9 nitrogen and oxygen atoms in total. The third kappa shape index (κ3) is 5.40. The SMILES string of the molecule is Cc1cnc(Nc2cccc(C(N)=O)c2)nc1Nc1cccc(CNS(=O)(=O)C2CC2)c1. The van der Waals surface area contributed by atoms with Crippen LogP contribution >= 0.6 is 0 Å². The summed E-state index contributed by atoms with van der Waals surface area (Å²) in [5.74, 6) is 0.442. The first-order valence-electron chi connectivity index (χ1n) is 10.1. The van der Waals surface area contributed by atoms with E-state index in [-0.39, 0.29) is 11.8 Å². The second-order valence-corrected chi connectivity index (χ2v) is 9.73. The maximum Gasteiger partial charge on any atom is 0.248 e. The smallest absolute Gasteiger partial charge is 0.248 e. The molecule has 10 heteroatoms. The van der Waals surface area contributed by atoms with Crippen LogP contribution in [0.3, 0.4) is 0 Å². The first-order chi connectivity index (χ1) is 15.3. The molecule has 1 aliphatic rings. The van der Waals surface area contributed by atoms with Crippen LogP contribution in [0.15, 0.2) is 54.7 Å². The number of benzene rings is 2. The molecule has 166 valence electrons. The van der Waals surface area contributed by atoms with Crippen LogP contribution in [0.1, 0.15) is 34.3 Å². The lowest BCUT2D eigenvalue weighted by Gasteiger charge is -2.12. The Labute approximate surface area is 186 Å². The molecule has 1 fully saturated rings. The normalized spacial score (nSPS) is 13.5. The highest BCUT2D eigenvalue weighted by atomic mass is 32.2. The molecule has 0 aliphatic heterocycles. The van der Waals surface area contributed by atoms with Crippen LogP contribution < -0.4 is 21.1 Å². The van der Waals surface area contributed by atoms with Crippen LogP contribution in [0, 0.1) is 6.92 Å². The van der Waals surface area contributed by atoms with Gasteiger partial charge < -0.3 is 16.4 Å². The minimum absolute atomic E-state index is 0.236. The van der Waals surface area contributed by atoms with Gasteiger partial charge in [-0.05, 0) is 55.7 Å². The summed E-state index contributed by atoms with van der Waals surface area (Å²) in [5.41, 5.74) is 8.81. The third-order valence-electron chi connectivity index (χ3n) is 5.01. The van der Waals surface area contributed by atoms with E-state index in [0.717, 1.165) is 29.7 Å². The number of nitrogens with two attached hydrogens (primary N) is 1. The van der Waals surface area contributed by atoms with E-state index in [1.807, 2.05) is 31.2 Å². The highest BCUT2D eigenvalue weighted by Gasteiger charge is 2.35. The van der Waals surface area contributed by atoms with E-state index in [1.54, 1.807) is 30.5 Å². The standard InChI is InChI=1S/C22H24N6O3S/c1-14-12-24-22(27-18-7-3-5-16(11-18)20(23)29)28-21(14)26-17-6-2-4-15(10-17)13-25-32(30,31)19-8-9-19/h2-7,10-12,19,25H,8-9,13H2,1H3,(H2,23,29)(H2,24,26,27,28). The molecule has 32 heavy (non-hydrogen) atoms. The van der Waals surface area contributed by atoms with Gasteiger partial charge in [0.2, 0.25) is 21.9 Å². The number of carbonyl (C=O) groups excluding carboxylic acids is 1. The van der Waals surface area contributed by atoms with E-state index in [9.17, 15) is 13.2 Å². The molecule has 0 saturated heterocycles. The van der Waals surface area contributed by atoms with Gasteiger partial charge in [0, 0.05) is 35.2 Å². The number of aryl methyl sites for hydroxylation is 1. The molecule has 1 aliphatic carbocycles. The van der Waals surface area contributed by atoms with E-state index in [2.05, 4.69) is 25.3 Å². The Morgan fingerprint density at radius 2 is 1.81 bits per heavy atom. The monoisotopic (exact) mass is 452 g/mol. The minimum atomic E-state index is -3.24. The molecule has 2 aromatic carbocycles. The average molecular weight is 453 g/mol. The van der Waals surface area contributed by atoms with Crippen LogP contribution in [0.25, 0.3) is 0 Å². The van der Waals surface area contributed by atoms with Crippen LogP contribution in [-0.2, 0) is 16.6 Å². The molecule has 1 amide bonds. The number of amides is 1. The van der Waals surface area contributed by atoms with Gasteiger partial charge in [0.1, 0.15) is 5.82 Å². The van der Waals surface area contributed by atoms with Crippen molar-refractivity contribution in [1.82, 2.24) is 14.7 Å². The summed E-state index contributed by atoms with van der Waals surface area (Å²) >= 11 is 0. The molecular formula is C22H24N6O3S. The third-order valence-corrected chi connectivity index (χ3v) is 6.90. The predicted molar refractivity (Wildman–Crippen MR) is 124 cm³/mol. The van der Waals surface area contributed by atoms with E-state index in [1.165, 1.54) is 0 Å². The van der Waals surface area contributed by atoms with E-state index in [4.69, 9.17) is 5.73 Å². The quantitative estimate of drug-likeness (QED) is 0.391. The van der Waals surface area contributed by atoms with Gasteiger partial charge in [0.25, 0.3) is 0 Å². The number of anilines is 4. The fraction of sp³-hybridized carbons (Fsp3) is 0.227. The van der Waals surface area contributed by atoms with Crippen molar-refractivity contribution in [2.24, 2.45) is 5.73 Å². The van der Waals surface area contributed by atoms with Crippen molar-refractivity contribution in [2.45, 2.75) is 31.6 Å². The number of nitrogens with one attached hydrogen (secondary N) is 3. The van der Waals surface area contributed by atoms with Crippen molar-refractivity contribution in [3.8, 4) is 0 Å². The van der Waals surface area contributed by atoms with E-state index < -0.39 is 15.9 Å². The van der Waals surface area contributed by atoms with Gasteiger partial charge >= 0.3 is 0 Å². The summed E-state index contributed by atoms with van der Waals surface area (Å²) in [6.45, 7) is 2.12. The molecule has 4 rings (SSSR count). The van der Waals surface area contributed by atoms with Crippen molar-refractivity contribution in [3.05, 3.63) is 71.4 Å². The number of primary amides is 1. The second-order valence-electron chi connectivity index (χ2n) is 7.69. The van der Waals surface area contributed by atoms with Crippen LogP contribution in [0.4, 0.5) is 23.1 Å². The molecule has 0 atom stereocenters. The van der Waals surface area contributed by atoms with Gasteiger partial charge in [0.05, 0.1) is 5.25 Å². The first kappa shape index (κ1) is 21.7. The minimum Gasteiger partial charge on any atom is -0.366 e. The molecule has 1 heterocycles. The zero-order valence-corrected chi connectivity index (χ0v) is 18.3. The number of hydrogen-bond acceptors (Lipinski definition) is 7. The lowest BCUT2D eigenvalue weighted by Crippen LogP contribution is -2.26. The molecule has 0 spiro atoms. The highest BCUT2D eigenvalue weighted by Crippen LogP contribution is 2.28. The topological polar surface area (TPSA) is 139 Å². The summed E-state index contributed by atoms with van der Waals surface area (Å²) in [7, 11) is -3.24. The van der Waals surface area contributed by atoms with Gasteiger partial charge in [-0.2, -0.15) is 4.98 Å². The zero-order chi connectivity index (χ0) is 22.7. The number of hydrogen-bond donors (Lipinski definition) is 4. The summed E-state index contributed by atoms with van der Waals surface area (Å²) in [6, 6.07) is 14.2. The summed E-state index contributed by atoms with van der Waals surface area (Å²) < 4.78 is 26.8. The van der Waals surface area contributed by atoms with Crippen molar-refractivity contribution in [2.75, 3.05) is 10.6 Å². The molecular weight excluding hydrogens is 428 g/mol. The lowest BCUT2D eigenvalue weighted by atomic mass is 10.2. The average Bonchev–Trinajstić information content (AvgIpc) is 3.62. The predicted octanol–water partition coefficient (Wildman–Crippen LogP) is 2.95. The van der Waals surface area contributed by atoms with Crippen LogP contribution in [0.5, 0.6) is 0 Å². The van der Waals surface area contributed by atoms with E-state index in [0.29, 0.717) is 23.0 Å². The van der Waals surface area contributed by atoms with Gasteiger partial charge in [-0.25, -0.2) is 18.1 Å². The molecule has 1 saturated carbocycles. The molecule has 0 unspecified atom stereocenters. The van der Waals surface area contributed by atoms with E-state index >= 15 is 0 Å². The molecule has 5 N–H and O–H groups in total. The van der Waals surface area contributed by atoms with Crippen molar-refractivity contribution < 1.29 is 13.2 Å². The number of nitrogens with zero attached hydrogens (tertiary/aromatic N) is 2. The number of carbonyl (C=O) groups is 1. The van der Waals surface area contributed by atoms with Crippen molar-refractivity contribution in [1.29, 1.82) is 0 Å². The summed E-state index contributed by atoms with van der Waals surface area (Å²) in [6.07, 6.45) is 3.14. The molecule has 1 aromatic heterocycles. The number of sulfonamides is 1. The van der Waals surface area contributed by atoms with Crippen molar-refractivity contribution >= 4 is 39.1 Å². The number of rotatable bonds is 9. The highest BCUT2D eigenvalue weighted by molar-refractivity contribution is 7.90. The van der Waals surface area contributed by atoms with Gasteiger partial charge in [-0.3, -0.25) is 4.79 Å². The second kappa shape index (κ2) is 8.93. The van der Waals surface area contributed by atoms with Gasteiger partial charge in [-0.15, -0.1) is 0 Å².